The van der Waals surface area contributed by atoms with Gasteiger partial charge in [-0.3, -0.25) is 4.79 Å². The maximum atomic E-state index is 10.7. The van der Waals surface area contributed by atoms with E-state index in [-0.39, 0.29) is 6.42 Å². The number of aliphatic carboxylic acids is 1. The Bertz CT molecular complexity index is 618. The Kier molecular flexibility index (Phi) is 5.45. The van der Waals surface area contributed by atoms with Crippen LogP contribution in [0.4, 0.5) is 0 Å². The fourth-order valence-electron chi connectivity index (χ4n) is 2.33. The minimum absolute atomic E-state index is 0.0795. The Labute approximate surface area is 130 Å². The van der Waals surface area contributed by atoms with Gasteiger partial charge >= 0.3 is 5.97 Å². The van der Waals surface area contributed by atoms with Gasteiger partial charge in [0.2, 0.25) is 0 Å². The van der Waals surface area contributed by atoms with Crippen molar-refractivity contribution in [3.8, 4) is 0 Å². The lowest BCUT2D eigenvalue weighted by molar-refractivity contribution is -0.136. The smallest absolute Gasteiger partial charge is 0.307 e. The van der Waals surface area contributed by atoms with Gasteiger partial charge in [-0.15, -0.1) is 0 Å². The summed E-state index contributed by atoms with van der Waals surface area (Å²) in [5, 5.41) is 8.77. The fourth-order valence-corrected chi connectivity index (χ4v) is 3.21. The minimum atomic E-state index is -0.793. The molecule has 0 aliphatic heterocycles. The van der Waals surface area contributed by atoms with Crippen LogP contribution in [0.3, 0.4) is 0 Å². The molecule has 2 aromatic carbocycles. The molecule has 21 heavy (non-hydrogen) atoms. The summed E-state index contributed by atoms with van der Waals surface area (Å²) in [6.45, 7) is 4.37. The summed E-state index contributed by atoms with van der Waals surface area (Å²) in [6.07, 6.45) is 2.20. The molecule has 0 saturated carbocycles. The van der Waals surface area contributed by atoms with E-state index in [4.69, 9.17) is 5.11 Å². The van der Waals surface area contributed by atoms with E-state index < -0.39 is 5.97 Å². The van der Waals surface area contributed by atoms with Crippen LogP contribution in [-0.4, -0.2) is 11.1 Å². The number of aryl methyl sites for hydroxylation is 2. The van der Waals surface area contributed by atoms with Crippen LogP contribution in [0.15, 0.2) is 52.3 Å². The van der Waals surface area contributed by atoms with Crippen LogP contribution < -0.4 is 0 Å². The van der Waals surface area contributed by atoms with Crippen molar-refractivity contribution in [1.29, 1.82) is 0 Å². The molecule has 0 unspecified atom stereocenters. The molecular formula is C18H20O2S. The highest BCUT2D eigenvalue weighted by atomic mass is 32.2. The molecule has 2 aromatic rings. The van der Waals surface area contributed by atoms with Crippen molar-refractivity contribution < 1.29 is 9.90 Å². The van der Waals surface area contributed by atoms with E-state index in [0.717, 1.165) is 23.3 Å². The maximum Gasteiger partial charge on any atom is 0.307 e. The second kappa shape index (κ2) is 7.32. The highest BCUT2D eigenvalue weighted by Crippen LogP contribution is 2.29. The van der Waals surface area contributed by atoms with E-state index in [9.17, 15) is 4.79 Å². The van der Waals surface area contributed by atoms with Gasteiger partial charge in [0, 0.05) is 9.79 Å². The quantitative estimate of drug-likeness (QED) is 0.848. The molecule has 110 valence electrons. The third-order valence-electron chi connectivity index (χ3n) is 3.45. The highest BCUT2D eigenvalue weighted by Gasteiger charge is 2.04. The van der Waals surface area contributed by atoms with Crippen LogP contribution >= 0.6 is 11.8 Å². The van der Waals surface area contributed by atoms with Gasteiger partial charge in [-0.05, 0) is 53.8 Å². The molecule has 0 heterocycles. The second-order valence-electron chi connectivity index (χ2n) is 4.95. The third-order valence-corrected chi connectivity index (χ3v) is 4.45. The predicted octanol–water partition coefficient (Wildman–Crippen LogP) is 4.59. The average molecular weight is 300 g/mol. The lowest BCUT2D eigenvalue weighted by Gasteiger charge is -2.09. The summed E-state index contributed by atoms with van der Waals surface area (Å²) in [7, 11) is 0. The number of rotatable bonds is 6. The molecule has 0 aliphatic carbocycles. The Balaban J connectivity index is 2.12. The molecule has 0 aliphatic rings. The van der Waals surface area contributed by atoms with Crippen molar-refractivity contribution in [1.82, 2.24) is 0 Å². The number of hydrogen-bond acceptors (Lipinski definition) is 2. The first-order valence-electron chi connectivity index (χ1n) is 7.22. The Hall–Kier alpha value is -1.74. The van der Waals surface area contributed by atoms with Crippen LogP contribution in [0.5, 0.6) is 0 Å². The number of hydrogen-bond donors (Lipinski definition) is 1. The Morgan fingerprint density at radius 2 is 1.57 bits per heavy atom. The van der Waals surface area contributed by atoms with Gasteiger partial charge in [-0.25, -0.2) is 0 Å². The van der Waals surface area contributed by atoms with E-state index >= 15 is 0 Å². The van der Waals surface area contributed by atoms with Crippen molar-refractivity contribution in [2.24, 2.45) is 0 Å². The van der Waals surface area contributed by atoms with Gasteiger partial charge in [0.05, 0.1) is 6.42 Å². The lowest BCUT2D eigenvalue weighted by Crippen LogP contribution is -1.99. The Morgan fingerprint density at radius 1 is 0.952 bits per heavy atom. The Morgan fingerprint density at radius 3 is 2.14 bits per heavy atom. The number of carboxylic acid groups (broad SMARTS) is 1. The van der Waals surface area contributed by atoms with Gasteiger partial charge in [-0.1, -0.05) is 43.8 Å². The molecule has 0 amide bonds. The third kappa shape index (κ3) is 4.36. The van der Waals surface area contributed by atoms with Gasteiger partial charge in [0.1, 0.15) is 0 Å². The molecule has 2 nitrogen and oxygen atoms in total. The van der Waals surface area contributed by atoms with Crippen molar-refractivity contribution in [2.75, 3.05) is 0 Å². The van der Waals surface area contributed by atoms with Crippen LogP contribution in [0.1, 0.15) is 30.5 Å². The zero-order valence-electron chi connectivity index (χ0n) is 12.4. The normalized spacial score (nSPS) is 10.6. The van der Waals surface area contributed by atoms with Crippen LogP contribution in [0.2, 0.25) is 0 Å². The van der Waals surface area contributed by atoms with Crippen LogP contribution in [0.25, 0.3) is 0 Å². The largest absolute Gasteiger partial charge is 0.481 e. The molecular weight excluding hydrogens is 280 g/mol. The monoisotopic (exact) mass is 300 g/mol. The van der Waals surface area contributed by atoms with E-state index in [2.05, 4.69) is 32.0 Å². The zero-order chi connectivity index (χ0) is 15.2. The van der Waals surface area contributed by atoms with Crippen molar-refractivity contribution in [3.63, 3.8) is 0 Å². The van der Waals surface area contributed by atoms with Crippen molar-refractivity contribution >= 4 is 17.7 Å². The van der Waals surface area contributed by atoms with Crippen LogP contribution in [0, 0.1) is 0 Å². The van der Waals surface area contributed by atoms with Crippen LogP contribution in [-0.2, 0) is 24.1 Å². The van der Waals surface area contributed by atoms with Gasteiger partial charge in [-0.2, -0.15) is 0 Å². The number of carbonyl (C=O) groups is 1. The zero-order valence-corrected chi connectivity index (χ0v) is 13.2. The topological polar surface area (TPSA) is 37.3 Å². The molecule has 0 saturated heterocycles. The first-order valence-corrected chi connectivity index (χ1v) is 8.04. The molecule has 1 N–H and O–H groups in total. The van der Waals surface area contributed by atoms with Gasteiger partial charge in [0.25, 0.3) is 0 Å². The van der Waals surface area contributed by atoms with E-state index in [1.165, 1.54) is 16.0 Å². The summed E-state index contributed by atoms with van der Waals surface area (Å²) in [5.41, 5.74) is 3.66. The summed E-state index contributed by atoms with van der Waals surface area (Å²) in [5.74, 6) is -0.793. The van der Waals surface area contributed by atoms with Gasteiger partial charge in [0.15, 0.2) is 0 Å². The standard InChI is InChI=1S/C18H20O2S/c1-3-14-7-10-17(12-15(14)4-2)21-16-8-5-13(6-9-16)11-18(19)20/h5-10,12H,3-4,11H2,1-2H3,(H,19,20). The second-order valence-corrected chi connectivity index (χ2v) is 6.10. The summed E-state index contributed by atoms with van der Waals surface area (Å²) in [4.78, 5) is 13.0. The van der Waals surface area contributed by atoms with Crippen molar-refractivity contribution in [2.45, 2.75) is 42.9 Å². The van der Waals surface area contributed by atoms with E-state index in [1.54, 1.807) is 11.8 Å². The summed E-state index contributed by atoms with van der Waals surface area (Å²) < 4.78 is 0. The van der Waals surface area contributed by atoms with Gasteiger partial charge < -0.3 is 5.11 Å². The molecule has 0 aromatic heterocycles. The van der Waals surface area contributed by atoms with E-state index in [1.807, 2.05) is 24.3 Å². The number of carboxylic acids is 1. The summed E-state index contributed by atoms with van der Waals surface area (Å²) in [6, 6.07) is 14.4. The molecule has 0 bridgehead atoms. The summed E-state index contributed by atoms with van der Waals surface area (Å²) >= 11 is 1.72. The van der Waals surface area contributed by atoms with Crippen molar-refractivity contribution in [3.05, 3.63) is 59.2 Å². The first kappa shape index (κ1) is 15.6. The molecule has 0 spiro atoms. The predicted molar refractivity (Wildman–Crippen MR) is 87.1 cm³/mol. The maximum absolute atomic E-state index is 10.7. The highest BCUT2D eigenvalue weighted by molar-refractivity contribution is 7.99. The average Bonchev–Trinajstić information content (AvgIpc) is 2.48. The lowest BCUT2D eigenvalue weighted by atomic mass is 10.0. The molecule has 2 rings (SSSR count). The SMILES string of the molecule is CCc1ccc(Sc2ccc(CC(=O)O)cc2)cc1CC. The molecule has 0 fully saturated rings. The van der Waals surface area contributed by atoms with E-state index in [0.29, 0.717) is 0 Å². The molecule has 0 radical (unpaired) electrons. The molecule has 3 heteroatoms. The minimum Gasteiger partial charge on any atom is -0.481 e. The molecule has 0 atom stereocenters. The number of benzene rings is 2. The first-order chi connectivity index (χ1) is 10.1. The fraction of sp³-hybridized carbons (Fsp3) is 0.278.